The molecular weight excluding hydrogens is 416 g/mol. The molecule has 1 aliphatic carbocycles. The fourth-order valence-electron chi connectivity index (χ4n) is 4.43. The van der Waals surface area contributed by atoms with E-state index >= 15 is 0 Å². The number of anilines is 1. The summed E-state index contributed by atoms with van der Waals surface area (Å²) < 4.78 is 7.81. The minimum atomic E-state index is 0.614. The van der Waals surface area contributed by atoms with Crippen LogP contribution < -0.4 is 4.90 Å². The van der Waals surface area contributed by atoms with Crippen LogP contribution in [0.1, 0.15) is 41.3 Å². The van der Waals surface area contributed by atoms with E-state index in [9.17, 15) is 0 Å². The SMILES string of the molecule is Cc1nc(Sc2nnc(N3CCCC3)n2Cc2ccco2)c2c3c(sc2n1)CCC3. The van der Waals surface area contributed by atoms with Gasteiger partial charge in [-0.05, 0) is 68.5 Å². The topological polar surface area (TPSA) is 72.9 Å². The van der Waals surface area contributed by atoms with Crippen molar-refractivity contribution in [3.05, 3.63) is 40.4 Å². The van der Waals surface area contributed by atoms with Gasteiger partial charge in [0.25, 0.3) is 0 Å². The summed E-state index contributed by atoms with van der Waals surface area (Å²) in [6, 6.07) is 3.93. The van der Waals surface area contributed by atoms with Crippen LogP contribution in [-0.2, 0) is 19.4 Å². The molecule has 1 aliphatic heterocycles. The Bertz CT molecular complexity index is 1210. The summed E-state index contributed by atoms with van der Waals surface area (Å²) >= 11 is 3.43. The highest BCUT2D eigenvalue weighted by Gasteiger charge is 2.26. The van der Waals surface area contributed by atoms with E-state index < -0.39 is 0 Å². The van der Waals surface area contributed by atoms with E-state index in [1.807, 2.05) is 30.4 Å². The summed E-state index contributed by atoms with van der Waals surface area (Å²) in [5, 5.41) is 12.2. The van der Waals surface area contributed by atoms with Gasteiger partial charge in [-0.25, -0.2) is 9.97 Å². The monoisotopic (exact) mass is 438 g/mol. The van der Waals surface area contributed by atoms with Gasteiger partial charge in [-0.2, -0.15) is 0 Å². The normalized spacial score (nSPS) is 16.1. The van der Waals surface area contributed by atoms with Crippen molar-refractivity contribution in [1.29, 1.82) is 0 Å². The van der Waals surface area contributed by atoms with Gasteiger partial charge in [-0.15, -0.1) is 21.5 Å². The number of fused-ring (bicyclic) bond motifs is 3. The Labute approximate surface area is 182 Å². The van der Waals surface area contributed by atoms with E-state index in [-0.39, 0.29) is 0 Å². The highest BCUT2D eigenvalue weighted by atomic mass is 32.2. The number of furan rings is 1. The minimum absolute atomic E-state index is 0.614. The Morgan fingerprint density at radius 2 is 2.03 bits per heavy atom. The van der Waals surface area contributed by atoms with Crippen LogP contribution in [0.5, 0.6) is 0 Å². The first-order valence-corrected chi connectivity index (χ1v) is 12.1. The smallest absolute Gasteiger partial charge is 0.228 e. The molecule has 1 fully saturated rings. The number of rotatable bonds is 5. The predicted molar refractivity (Wildman–Crippen MR) is 118 cm³/mol. The average molecular weight is 439 g/mol. The van der Waals surface area contributed by atoms with Crippen molar-refractivity contribution in [2.45, 2.75) is 55.8 Å². The molecule has 154 valence electrons. The van der Waals surface area contributed by atoms with Crippen molar-refractivity contribution < 1.29 is 4.42 Å². The number of nitrogens with zero attached hydrogens (tertiary/aromatic N) is 6. The first-order chi connectivity index (χ1) is 14.8. The molecule has 0 amide bonds. The third-order valence-electron chi connectivity index (χ3n) is 5.81. The predicted octanol–water partition coefficient (Wildman–Crippen LogP) is 4.47. The van der Waals surface area contributed by atoms with Crippen LogP contribution in [0.2, 0.25) is 0 Å². The molecule has 0 N–H and O–H groups in total. The van der Waals surface area contributed by atoms with Crippen LogP contribution in [0.25, 0.3) is 10.2 Å². The second kappa shape index (κ2) is 7.39. The number of aromatic nitrogens is 5. The van der Waals surface area contributed by atoms with Crippen LogP contribution in [0.4, 0.5) is 5.95 Å². The van der Waals surface area contributed by atoms with Gasteiger partial charge in [0.2, 0.25) is 5.95 Å². The second-order valence-electron chi connectivity index (χ2n) is 7.86. The lowest BCUT2D eigenvalue weighted by Gasteiger charge is -2.17. The highest BCUT2D eigenvalue weighted by Crippen LogP contribution is 2.42. The number of hydrogen-bond acceptors (Lipinski definition) is 8. The number of hydrogen-bond donors (Lipinski definition) is 0. The van der Waals surface area contributed by atoms with Crippen LogP contribution in [0, 0.1) is 6.92 Å². The zero-order valence-electron chi connectivity index (χ0n) is 16.8. The molecule has 6 rings (SSSR count). The molecule has 0 aromatic carbocycles. The van der Waals surface area contributed by atoms with Crippen LogP contribution in [0.3, 0.4) is 0 Å². The molecule has 0 bridgehead atoms. The molecule has 0 spiro atoms. The van der Waals surface area contributed by atoms with Gasteiger partial charge in [-0.3, -0.25) is 4.57 Å². The van der Waals surface area contributed by atoms with Gasteiger partial charge in [0.15, 0.2) is 5.16 Å². The van der Waals surface area contributed by atoms with Gasteiger partial charge in [-0.1, -0.05) is 0 Å². The summed E-state index contributed by atoms with van der Waals surface area (Å²) in [4.78, 5) is 14.5. The summed E-state index contributed by atoms with van der Waals surface area (Å²) in [7, 11) is 0. The van der Waals surface area contributed by atoms with Crippen LogP contribution in [0.15, 0.2) is 33.0 Å². The standard InChI is InChI=1S/C21H22N6OS2/c1-13-22-18-17(15-7-4-8-16(15)29-18)19(23-13)30-21-25-24-20(26-9-2-3-10-26)27(21)12-14-6-5-11-28-14/h5-6,11H,2-4,7-10,12H2,1H3. The van der Waals surface area contributed by atoms with E-state index in [1.54, 1.807) is 18.0 Å². The molecular formula is C21H22N6OS2. The Kier molecular flexibility index (Phi) is 4.53. The minimum Gasteiger partial charge on any atom is -0.467 e. The molecule has 1 saturated heterocycles. The maximum Gasteiger partial charge on any atom is 0.228 e. The van der Waals surface area contributed by atoms with Gasteiger partial charge in [0.1, 0.15) is 21.4 Å². The lowest BCUT2D eigenvalue weighted by molar-refractivity contribution is 0.483. The third kappa shape index (κ3) is 3.11. The van der Waals surface area contributed by atoms with E-state index in [2.05, 4.69) is 19.7 Å². The first-order valence-electron chi connectivity index (χ1n) is 10.4. The number of thiophene rings is 1. The highest BCUT2D eigenvalue weighted by molar-refractivity contribution is 7.99. The van der Waals surface area contributed by atoms with Crippen molar-refractivity contribution >= 4 is 39.3 Å². The molecule has 0 unspecified atom stereocenters. The average Bonchev–Trinajstić information content (AvgIpc) is 3.52. The summed E-state index contributed by atoms with van der Waals surface area (Å²) in [5.74, 6) is 2.63. The lowest BCUT2D eigenvalue weighted by Crippen LogP contribution is -2.22. The maximum atomic E-state index is 5.64. The zero-order valence-corrected chi connectivity index (χ0v) is 18.4. The lowest BCUT2D eigenvalue weighted by atomic mass is 10.2. The van der Waals surface area contributed by atoms with Crippen LogP contribution >= 0.6 is 23.1 Å². The molecule has 4 aromatic heterocycles. The molecule has 4 aromatic rings. The maximum absolute atomic E-state index is 5.64. The number of aryl methyl sites for hydroxylation is 3. The Morgan fingerprint density at radius 1 is 1.13 bits per heavy atom. The summed E-state index contributed by atoms with van der Waals surface area (Å²) in [6.07, 6.45) is 7.61. The summed E-state index contributed by atoms with van der Waals surface area (Å²) in [5.41, 5.74) is 1.44. The van der Waals surface area contributed by atoms with Crippen molar-refractivity contribution in [3.8, 4) is 0 Å². The zero-order chi connectivity index (χ0) is 20.1. The van der Waals surface area contributed by atoms with Gasteiger partial charge >= 0.3 is 0 Å². The van der Waals surface area contributed by atoms with E-state index in [0.717, 1.165) is 58.5 Å². The van der Waals surface area contributed by atoms with E-state index in [0.29, 0.717) is 6.54 Å². The van der Waals surface area contributed by atoms with Crippen molar-refractivity contribution in [2.24, 2.45) is 0 Å². The van der Waals surface area contributed by atoms with Crippen LogP contribution in [-0.4, -0.2) is 37.8 Å². The third-order valence-corrected chi connectivity index (χ3v) is 7.97. The van der Waals surface area contributed by atoms with Crippen molar-refractivity contribution in [3.63, 3.8) is 0 Å². The molecule has 30 heavy (non-hydrogen) atoms. The fourth-order valence-corrected chi connectivity index (χ4v) is 6.81. The Hall–Kier alpha value is -2.39. The first kappa shape index (κ1) is 18.4. The molecule has 5 heterocycles. The van der Waals surface area contributed by atoms with E-state index in [1.165, 1.54) is 35.1 Å². The molecule has 9 heteroatoms. The van der Waals surface area contributed by atoms with Gasteiger partial charge < -0.3 is 9.32 Å². The largest absolute Gasteiger partial charge is 0.467 e. The fraction of sp³-hybridized carbons (Fsp3) is 0.429. The molecule has 0 atom stereocenters. The summed E-state index contributed by atoms with van der Waals surface area (Å²) in [6.45, 7) is 4.63. The van der Waals surface area contributed by atoms with E-state index in [4.69, 9.17) is 14.4 Å². The molecule has 0 radical (unpaired) electrons. The molecule has 2 aliphatic rings. The Balaban J connectivity index is 1.44. The second-order valence-corrected chi connectivity index (χ2v) is 9.90. The van der Waals surface area contributed by atoms with Gasteiger partial charge in [0.05, 0.1) is 12.8 Å². The van der Waals surface area contributed by atoms with Crippen molar-refractivity contribution in [2.75, 3.05) is 18.0 Å². The molecule has 0 saturated carbocycles. The Morgan fingerprint density at radius 3 is 2.87 bits per heavy atom. The quantitative estimate of drug-likeness (QED) is 0.426. The molecule has 7 nitrogen and oxygen atoms in total. The van der Waals surface area contributed by atoms with Crippen molar-refractivity contribution in [1.82, 2.24) is 24.7 Å². The van der Waals surface area contributed by atoms with Gasteiger partial charge in [0, 0.05) is 23.4 Å².